The van der Waals surface area contributed by atoms with Gasteiger partial charge in [-0.2, -0.15) is 0 Å². The summed E-state index contributed by atoms with van der Waals surface area (Å²) >= 11 is 0. The van der Waals surface area contributed by atoms with E-state index >= 15 is 0 Å². The molecule has 3 heterocycles. The Morgan fingerprint density at radius 3 is 1.45 bits per heavy atom. The van der Waals surface area contributed by atoms with Gasteiger partial charge in [-0.1, -0.05) is 158 Å². The van der Waals surface area contributed by atoms with Gasteiger partial charge in [0.1, 0.15) is 16.9 Å². The van der Waals surface area contributed by atoms with Gasteiger partial charge in [-0.15, -0.1) is 0 Å². The van der Waals surface area contributed by atoms with Gasteiger partial charge in [-0.3, -0.25) is 0 Å². The van der Waals surface area contributed by atoms with E-state index in [1.807, 2.05) is 49.4 Å². The average Bonchev–Trinajstić information content (AvgIpc) is 3.78. The number of benzene rings is 9. The third kappa shape index (κ3) is 6.56. The lowest BCUT2D eigenvalue weighted by Gasteiger charge is -2.35. The first-order valence-corrected chi connectivity index (χ1v) is 22.2. The number of furan rings is 1. The zero-order chi connectivity index (χ0) is 44.1. The van der Waals surface area contributed by atoms with E-state index in [1.165, 1.54) is 0 Å². The number of allylic oxidation sites excluding steroid dienone is 3. The topological polar surface area (TPSA) is 38.1 Å². The van der Waals surface area contributed by atoms with Crippen molar-refractivity contribution in [1.82, 2.24) is 0 Å². The van der Waals surface area contributed by atoms with E-state index in [4.69, 9.17) is 13.9 Å². The second-order valence-electron chi connectivity index (χ2n) is 16.4. The molecule has 0 aliphatic carbocycles. The van der Waals surface area contributed by atoms with Crippen molar-refractivity contribution in [1.29, 1.82) is 0 Å². The number of nitrogens with zero attached hydrogens (tertiary/aromatic N) is 2. The molecular formula is C61H42N2O3. The second kappa shape index (κ2) is 16.1. The predicted molar refractivity (Wildman–Crippen MR) is 271 cm³/mol. The van der Waals surface area contributed by atoms with E-state index in [2.05, 4.69) is 198 Å². The molecular weight excluding hydrogens is 809 g/mol. The molecule has 0 saturated carbocycles. The molecule has 9 aromatic carbocycles. The van der Waals surface area contributed by atoms with Crippen molar-refractivity contribution in [2.75, 3.05) is 9.80 Å². The first-order chi connectivity index (χ1) is 32.6. The van der Waals surface area contributed by atoms with Crippen LogP contribution >= 0.6 is 0 Å². The summed E-state index contributed by atoms with van der Waals surface area (Å²) in [5, 5.41) is 2.15. The van der Waals surface area contributed by atoms with Crippen LogP contribution in [0.1, 0.15) is 6.92 Å². The molecule has 314 valence electrons. The summed E-state index contributed by atoms with van der Waals surface area (Å²) in [4.78, 5) is 4.52. The number of rotatable bonds is 7. The molecule has 0 amide bonds. The molecule has 2 aliphatic heterocycles. The van der Waals surface area contributed by atoms with Crippen molar-refractivity contribution in [3.63, 3.8) is 0 Å². The fourth-order valence-corrected chi connectivity index (χ4v) is 9.46. The standard InChI is InChI=1S/C61H42N2O3/c1-3-15-52-56(4-2)64-58-38-44(40-16-7-5-8-17-40)30-36-54(58)62(52)46-32-26-42(27-33-46)48-20-13-22-50-51-23-14-21-49(61(51)66-60(48)50)43-28-34-47(35-29-43)63-53-24-11-12-25-57(53)65-59-39-45(31-37-55(59)63)41-18-9-6-10-19-41/h3-39H,1H2,2H3/b52-15?,56-4+. The van der Waals surface area contributed by atoms with Crippen molar-refractivity contribution < 1.29 is 13.9 Å². The number of para-hydroxylation sites is 4. The smallest absolute Gasteiger partial charge is 0.152 e. The highest BCUT2D eigenvalue weighted by Crippen LogP contribution is 2.52. The second-order valence-corrected chi connectivity index (χ2v) is 16.4. The summed E-state index contributed by atoms with van der Waals surface area (Å²) in [5.41, 5.74) is 16.3. The van der Waals surface area contributed by atoms with Crippen LogP contribution in [-0.4, -0.2) is 0 Å². The molecule has 0 atom stereocenters. The van der Waals surface area contributed by atoms with Crippen LogP contribution in [0.4, 0.5) is 28.4 Å². The van der Waals surface area contributed by atoms with Crippen molar-refractivity contribution in [3.05, 3.63) is 243 Å². The van der Waals surface area contributed by atoms with Crippen LogP contribution in [0.3, 0.4) is 0 Å². The van der Waals surface area contributed by atoms with Gasteiger partial charge in [-0.25, -0.2) is 0 Å². The number of anilines is 5. The molecule has 0 radical (unpaired) electrons. The Hall–Kier alpha value is -8.80. The van der Waals surface area contributed by atoms with Gasteiger partial charge in [0.15, 0.2) is 17.2 Å². The number of ether oxygens (including phenoxy) is 2. The minimum atomic E-state index is 0.767. The molecule has 5 heteroatoms. The van der Waals surface area contributed by atoms with E-state index in [9.17, 15) is 0 Å². The Morgan fingerprint density at radius 2 is 0.894 bits per heavy atom. The molecule has 0 fully saturated rings. The monoisotopic (exact) mass is 850 g/mol. The molecule has 0 spiro atoms. The van der Waals surface area contributed by atoms with Crippen LogP contribution in [0.2, 0.25) is 0 Å². The molecule has 12 rings (SSSR count). The minimum absolute atomic E-state index is 0.767. The van der Waals surface area contributed by atoms with E-state index in [-0.39, 0.29) is 0 Å². The Kier molecular flexibility index (Phi) is 9.46. The lowest BCUT2D eigenvalue weighted by Crippen LogP contribution is -2.25. The van der Waals surface area contributed by atoms with E-state index in [0.717, 1.165) is 124 Å². The normalized spacial score (nSPS) is 14.1. The fraction of sp³-hybridized carbons (Fsp3) is 0.0164. The van der Waals surface area contributed by atoms with Gasteiger partial charge in [0, 0.05) is 33.3 Å². The molecule has 0 saturated heterocycles. The largest absolute Gasteiger partial charge is 0.455 e. The molecule has 0 bridgehead atoms. The molecule has 2 aliphatic rings. The third-order valence-electron chi connectivity index (χ3n) is 12.6. The first-order valence-electron chi connectivity index (χ1n) is 22.2. The van der Waals surface area contributed by atoms with Gasteiger partial charge >= 0.3 is 0 Å². The van der Waals surface area contributed by atoms with Crippen molar-refractivity contribution in [2.45, 2.75) is 6.92 Å². The molecule has 0 unspecified atom stereocenters. The van der Waals surface area contributed by atoms with Crippen molar-refractivity contribution >= 4 is 50.4 Å². The Morgan fingerprint density at radius 1 is 0.409 bits per heavy atom. The van der Waals surface area contributed by atoms with Gasteiger partial charge in [0.05, 0.1) is 22.8 Å². The number of fused-ring (bicyclic) bond motifs is 6. The highest BCUT2D eigenvalue weighted by atomic mass is 16.5. The third-order valence-corrected chi connectivity index (χ3v) is 12.6. The zero-order valence-electron chi connectivity index (χ0n) is 36.2. The Bertz CT molecular complexity index is 3550. The quantitative estimate of drug-likeness (QED) is 0.160. The van der Waals surface area contributed by atoms with Gasteiger partial charge in [0.25, 0.3) is 0 Å². The van der Waals surface area contributed by atoms with Crippen LogP contribution < -0.4 is 19.3 Å². The first kappa shape index (κ1) is 38.8. The Labute approximate surface area is 383 Å². The maximum absolute atomic E-state index is 6.95. The van der Waals surface area contributed by atoms with Crippen molar-refractivity contribution in [3.8, 4) is 61.8 Å². The molecule has 66 heavy (non-hydrogen) atoms. The molecule has 10 aromatic rings. The highest BCUT2D eigenvalue weighted by molar-refractivity contribution is 6.13. The lowest BCUT2D eigenvalue weighted by atomic mass is 9.99. The van der Waals surface area contributed by atoms with E-state index in [0.29, 0.717) is 0 Å². The predicted octanol–water partition coefficient (Wildman–Crippen LogP) is 17.3. The molecule has 5 nitrogen and oxygen atoms in total. The number of hydrogen-bond acceptors (Lipinski definition) is 5. The average molecular weight is 851 g/mol. The van der Waals surface area contributed by atoms with Crippen LogP contribution in [0.5, 0.6) is 17.2 Å². The summed E-state index contributed by atoms with van der Waals surface area (Å²) in [6, 6.07) is 72.2. The zero-order valence-corrected chi connectivity index (χ0v) is 36.2. The molecule has 0 N–H and O–H groups in total. The van der Waals surface area contributed by atoms with Crippen molar-refractivity contribution in [2.24, 2.45) is 0 Å². The van der Waals surface area contributed by atoms with Crippen LogP contribution in [0.25, 0.3) is 66.4 Å². The summed E-state index contributed by atoms with van der Waals surface area (Å²) in [6.07, 6.45) is 5.81. The summed E-state index contributed by atoms with van der Waals surface area (Å²) in [5.74, 6) is 3.20. The van der Waals surface area contributed by atoms with E-state index < -0.39 is 0 Å². The summed E-state index contributed by atoms with van der Waals surface area (Å²) in [6.45, 7) is 6.03. The SMILES string of the molecule is C=CC=C1/C(=C\C)Oc2cc(-c3ccccc3)ccc2N1c1ccc(-c2cccc3c2oc2c(-c4ccc(N5c6ccccc6Oc6cc(-c7ccccc7)ccc65)cc4)cccc23)cc1. The van der Waals surface area contributed by atoms with Gasteiger partial charge in [-0.05, 0) is 113 Å². The summed E-state index contributed by atoms with van der Waals surface area (Å²) < 4.78 is 20.0. The molecule has 1 aromatic heterocycles. The maximum Gasteiger partial charge on any atom is 0.152 e. The van der Waals surface area contributed by atoms with E-state index in [1.54, 1.807) is 0 Å². The highest BCUT2D eigenvalue weighted by Gasteiger charge is 2.29. The van der Waals surface area contributed by atoms with Gasteiger partial charge in [0.2, 0.25) is 0 Å². The van der Waals surface area contributed by atoms with Crippen LogP contribution in [-0.2, 0) is 0 Å². The minimum Gasteiger partial charge on any atom is -0.455 e. The number of hydrogen-bond donors (Lipinski definition) is 0. The maximum atomic E-state index is 6.95. The lowest BCUT2D eigenvalue weighted by molar-refractivity contribution is 0.423. The fourth-order valence-electron chi connectivity index (χ4n) is 9.46. The summed E-state index contributed by atoms with van der Waals surface area (Å²) in [7, 11) is 0. The van der Waals surface area contributed by atoms with Crippen LogP contribution in [0.15, 0.2) is 247 Å². The van der Waals surface area contributed by atoms with Gasteiger partial charge < -0.3 is 23.7 Å². The Balaban J connectivity index is 0.888. The van der Waals surface area contributed by atoms with Crippen LogP contribution in [0, 0.1) is 0 Å².